The van der Waals surface area contributed by atoms with E-state index in [1.165, 1.54) is 12.1 Å². The molecule has 2 rings (SSSR count). The van der Waals surface area contributed by atoms with Crippen LogP contribution in [-0.2, 0) is 6.54 Å². The average molecular weight is 328 g/mol. The molecule has 1 fully saturated rings. The number of hydrogen-bond acceptors (Lipinski definition) is 5. The minimum Gasteiger partial charge on any atom is -0.411 e. The van der Waals surface area contributed by atoms with Gasteiger partial charge in [-0.3, -0.25) is 15.0 Å². The molecule has 1 N–H and O–H groups in total. The van der Waals surface area contributed by atoms with Crippen LogP contribution in [0.4, 0.5) is 5.69 Å². The molecule has 0 spiro atoms. The second-order valence-electron chi connectivity index (χ2n) is 4.48. The second-order valence-corrected chi connectivity index (χ2v) is 5.33. The minimum absolute atomic E-state index is 0.0870. The fraction of sp³-hybridized carbons (Fsp3) is 0.417. The Hall–Kier alpha value is -1.47. The summed E-state index contributed by atoms with van der Waals surface area (Å²) in [6.45, 7) is 2.41. The molecule has 1 heterocycles. The summed E-state index contributed by atoms with van der Waals surface area (Å²) in [6, 6.07) is 4.82. The number of likely N-dealkylation sites (tertiary alicyclic amines) is 1. The normalized spacial score (nSPS) is 16.4. The van der Waals surface area contributed by atoms with Crippen molar-refractivity contribution in [3.63, 3.8) is 0 Å². The maximum atomic E-state index is 10.7. The van der Waals surface area contributed by atoms with Crippen molar-refractivity contribution in [3.8, 4) is 0 Å². The molecule has 1 aliphatic rings. The van der Waals surface area contributed by atoms with E-state index in [-0.39, 0.29) is 5.69 Å². The molecule has 1 aromatic rings. The third kappa shape index (κ3) is 3.51. The SMILES string of the molecule is O=[N+]([O-])c1ccc(CN2CCC(=NO)CC2)c(Br)c1. The summed E-state index contributed by atoms with van der Waals surface area (Å²) in [5.41, 5.74) is 1.94. The highest BCUT2D eigenvalue weighted by atomic mass is 79.9. The monoisotopic (exact) mass is 327 g/mol. The molecular formula is C12H14BrN3O3. The Labute approximate surface area is 119 Å². The molecule has 7 heteroatoms. The van der Waals surface area contributed by atoms with Crippen LogP contribution in [0.5, 0.6) is 0 Å². The van der Waals surface area contributed by atoms with Gasteiger partial charge >= 0.3 is 0 Å². The van der Waals surface area contributed by atoms with Crippen molar-refractivity contribution in [1.29, 1.82) is 0 Å². The molecule has 1 aromatic carbocycles. The molecule has 102 valence electrons. The van der Waals surface area contributed by atoms with Gasteiger partial charge < -0.3 is 5.21 Å². The number of nitro benzene ring substituents is 1. The van der Waals surface area contributed by atoms with Gasteiger partial charge in [0.05, 0.1) is 10.6 Å². The highest BCUT2D eigenvalue weighted by Gasteiger charge is 2.17. The lowest BCUT2D eigenvalue weighted by Crippen LogP contribution is -2.33. The number of hydrogen-bond donors (Lipinski definition) is 1. The predicted octanol–water partition coefficient (Wildman–Crippen LogP) is 2.78. The molecule has 19 heavy (non-hydrogen) atoms. The van der Waals surface area contributed by atoms with Gasteiger partial charge in [-0.2, -0.15) is 0 Å². The van der Waals surface area contributed by atoms with Crippen molar-refractivity contribution in [2.75, 3.05) is 13.1 Å². The third-order valence-corrected chi connectivity index (χ3v) is 3.95. The number of piperidine rings is 1. The van der Waals surface area contributed by atoms with Crippen molar-refractivity contribution in [3.05, 3.63) is 38.3 Å². The van der Waals surface area contributed by atoms with E-state index < -0.39 is 4.92 Å². The molecule has 0 amide bonds. The summed E-state index contributed by atoms with van der Waals surface area (Å²) < 4.78 is 0.753. The van der Waals surface area contributed by atoms with E-state index in [4.69, 9.17) is 5.21 Å². The Kier molecular flexibility index (Phi) is 4.49. The molecule has 6 nitrogen and oxygen atoms in total. The first-order valence-electron chi connectivity index (χ1n) is 5.95. The summed E-state index contributed by atoms with van der Waals surface area (Å²) >= 11 is 3.37. The van der Waals surface area contributed by atoms with E-state index >= 15 is 0 Å². The van der Waals surface area contributed by atoms with Crippen LogP contribution in [0.1, 0.15) is 18.4 Å². The first-order valence-corrected chi connectivity index (χ1v) is 6.74. The van der Waals surface area contributed by atoms with Crippen molar-refractivity contribution in [2.45, 2.75) is 19.4 Å². The number of halogens is 1. The molecule has 0 aliphatic carbocycles. The minimum atomic E-state index is -0.403. The van der Waals surface area contributed by atoms with Gasteiger partial charge in [0, 0.05) is 49.1 Å². The Bertz CT molecular complexity index is 509. The maximum Gasteiger partial charge on any atom is 0.270 e. The zero-order valence-corrected chi connectivity index (χ0v) is 11.8. The molecule has 0 atom stereocenters. The largest absolute Gasteiger partial charge is 0.411 e. The van der Waals surface area contributed by atoms with Gasteiger partial charge in [-0.25, -0.2) is 0 Å². The van der Waals surface area contributed by atoms with Crippen LogP contribution in [0.3, 0.4) is 0 Å². The summed E-state index contributed by atoms with van der Waals surface area (Å²) in [5.74, 6) is 0. The van der Waals surface area contributed by atoms with Crippen LogP contribution in [0.25, 0.3) is 0 Å². The van der Waals surface area contributed by atoms with Crippen molar-refractivity contribution < 1.29 is 10.1 Å². The topological polar surface area (TPSA) is 79.0 Å². The summed E-state index contributed by atoms with van der Waals surface area (Å²) in [4.78, 5) is 12.5. The van der Waals surface area contributed by atoms with Crippen molar-refractivity contribution in [1.82, 2.24) is 4.90 Å². The number of rotatable bonds is 3. The molecule has 0 radical (unpaired) electrons. The van der Waals surface area contributed by atoms with Crippen molar-refractivity contribution in [2.24, 2.45) is 5.16 Å². The Morgan fingerprint density at radius 3 is 2.63 bits per heavy atom. The zero-order valence-electron chi connectivity index (χ0n) is 10.3. The van der Waals surface area contributed by atoms with Crippen molar-refractivity contribution >= 4 is 27.3 Å². The maximum absolute atomic E-state index is 10.7. The standard InChI is InChI=1S/C12H14BrN3O3/c13-12-7-11(16(18)19)2-1-9(12)8-15-5-3-10(14-17)4-6-15/h1-2,7,17H,3-6,8H2. The second kappa shape index (κ2) is 6.12. The van der Waals surface area contributed by atoms with Crippen LogP contribution in [-0.4, -0.2) is 33.8 Å². The van der Waals surface area contributed by atoms with Gasteiger partial charge in [0.15, 0.2) is 0 Å². The first-order chi connectivity index (χ1) is 9.10. The van der Waals surface area contributed by atoms with Crippen LogP contribution in [0, 0.1) is 10.1 Å². The molecular weight excluding hydrogens is 314 g/mol. The number of oxime groups is 1. The van der Waals surface area contributed by atoms with Gasteiger partial charge in [-0.15, -0.1) is 0 Å². The lowest BCUT2D eigenvalue weighted by molar-refractivity contribution is -0.384. The molecule has 0 saturated carbocycles. The number of nitrogens with zero attached hydrogens (tertiary/aromatic N) is 3. The average Bonchev–Trinajstić information content (AvgIpc) is 2.41. The predicted molar refractivity (Wildman–Crippen MR) is 74.5 cm³/mol. The summed E-state index contributed by atoms with van der Waals surface area (Å²) in [7, 11) is 0. The van der Waals surface area contributed by atoms with E-state index in [0.29, 0.717) is 0 Å². The van der Waals surface area contributed by atoms with Gasteiger partial charge in [-0.1, -0.05) is 21.1 Å². The van der Waals surface area contributed by atoms with Crippen LogP contribution in [0.15, 0.2) is 27.8 Å². The number of non-ortho nitro benzene ring substituents is 1. The molecule has 0 unspecified atom stereocenters. The fourth-order valence-electron chi connectivity index (χ4n) is 2.09. The summed E-state index contributed by atoms with van der Waals surface area (Å²) in [5, 5.41) is 22.6. The van der Waals surface area contributed by atoms with E-state index in [9.17, 15) is 10.1 Å². The Morgan fingerprint density at radius 2 is 2.11 bits per heavy atom. The highest BCUT2D eigenvalue weighted by Crippen LogP contribution is 2.24. The van der Waals surface area contributed by atoms with Gasteiger partial charge in [-0.05, 0) is 11.6 Å². The van der Waals surface area contributed by atoms with Crippen LogP contribution >= 0.6 is 15.9 Å². The molecule has 0 bridgehead atoms. The fourth-order valence-corrected chi connectivity index (χ4v) is 2.58. The molecule has 0 aromatic heterocycles. The van der Waals surface area contributed by atoms with Crippen LogP contribution < -0.4 is 0 Å². The molecule has 1 aliphatic heterocycles. The Balaban J connectivity index is 2.02. The van der Waals surface area contributed by atoms with Gasteiger partial charge in [0.25, 0.3) is 5.69 Å². The van der Waals surface area contributed by atoms with E-state index in [1.807, 2.05) is 0 Å². The zero-order chi connectivity index (χ0) is 13.8. The lowest BCUT2D eigenvalue weighted by atomic mass is 10.1. The van der Waals surface area contributed by atoms with Gasteiger partial charge in [0.2, 0.25) is 0 Å². The van der Waals surface area contributed by atoms with Crippen LogP contribution in [0.2, 0.25) is 0 Å². The lowest BCUT2D eigenvalue weighted by Gasteiger charge is -2.27. The van der Waals surface area contributed by atoms with E-state index in [1.54, 1.807) is 6.07 Å². The highest BCUT2D eigenvalue weighted by molar-refractivity contribution is 9.10. The number of nitro groups is 1. The Morgan fingerprint density at radius 1 is 1.42 bits per heavy atom. The quantitative estimate of drug-likeness (QED) is 0.526. The molecule has 1 saturated heterocycles. The van der Waals surface area contributed by atoms with Gasteiger partial charge in [0.1, 0.15) is 0 Å². The third-order valence-electron chi connectivity index (χ3n) is 3.22. The first kappa shape index (κ1) is 14.0. The number of benzene rings is 1. The van der Waals surface area contributed by atoms with E-state index in [2.05, 4.69) is 26.0 Å². The smallest absolute Gasteiger partial charge is 0.270 e. The summed E-state index contributed by atoms with van der Waals surface area (Å²) in [6.07, 6.45) is 1.53. The van der Waals surface area contributed by atoms with E-state index in [0.717, 1.165) is 48.2 Å².